The number of aliphatic carboxylic acids is 1. The number of hydrogen-bond donors (Lipinski definition) is 0. The van der Waals surface area contributed by atoms with Crippen LogP contribution in [0.15, 0.2) is 12.4 Å². The van der Waals surface area contributed by atoms with E-state index in [2.05, 4.69) is 4.98 Å². The zero-order valence-corrected chi connectivity index (χ0v) is 5.57. The van der Waals surface area contributed by atoms with Gasteiger partial charge >= 0.3 is 0 Å². The van der Waals surface area contributed by atoms with Gasteiger partial charge < -0.3 is 14.5 Å². The van der Waals surface area contributed by atoms with Crippen LogP contribution in [0.5, 0.6) is 0 Å². The summed E-state index contributed by atoms with van der Waals surface area (Å²) in [6.07, 6.45) is 3.16. The van der Waals surface area contributed by atoms with Crippen molar-refractivity contribution in [2.24, 2.45) is 0 Å². The van der Waals surface area contributed by atoms with Crippen LogP contribution < -0.4 is 5.11 Å². The number of carboxylic acid groups (broad SMARTS) is 1. The van der Waals surface area contributed by atoms with Gasteiger partial charge in [-0.3, -0.25) is 0 Å². The van der Waals surface area contributed by atoms with Gasteiger partial charge in [-0.25, -0.2) is 4.98 Å². The van der Waals surface area contributed by atoms with Crippen molar-refractivity contribution in [1.29, 1.82) is 0 Å². The molecule has 0 bridgehead atoms. The fraction of sp³-hybridized carbons (Fsp3) is 0.333. The Morgan fingerprint density at radius 1 is 1.90 bits per heavy atom. The molecule has 1 aromatic heterocycles. The van der Waals surface area contributed by atoms with Crippen molar-refractivity contribution in [3.05, 3.63) is 18.2 Å². The fourth-order valence-corrected chi connectivity index (χ4v) is 0.710. The van der Waals surface area contributed by atoms with Crippen LogP contribution in [0.3, 0.4) is 0 Å². The van der Waals surface area contributed by atoms with Crippen LogP contribution in [0.2, 0.25) is 0 Å². The summed E-state index contributed by atoms with van der Waals surface area (Å²) in [5.41, 5.74) is 0. The van der Waals surface area contributed by atoms with Crippen molar-refractivity contribution in [2.75, 3.05) is 0 Å². The minimum Gasteiger partial charge on any atom is -0.548 e. The number of carboxylic acids is 1. The normalized spacial score (nSPS) is 9.70. The maximum Gasteiger partial charge on any atom is 0.105 e. The highest BCUT2D eigenvalue weighted by atomic mass is 16.4. The van der Waals surface area contributed by atoms with Crippen molar-refractivity contribution in [3.63, 3.8) is 0 Å². The highest BCUT2D eigenvalue weighted by molar-refractivity contribution is 5.64. The second-order valence-electron chi connectivity index (χ2n) is 1.97. The van der Waals surface area contributed by atoms with Crippen LogP contribution in [-0.2, 0) is 11.3 Å². The van der Waals surface area contributed by atoms with E-state index in [4.69, 9.17) is 0 Å². The molecule has 0 aliphatic carbocycles. The number of nitrogens with zero attached hydrogens (tertiary/aromatic N) is 2. The number of carbonyl (C=O) groups excluding carboxylic acids is 1. The van der Waals surface area contributed by atoms with E-state index >= 15 is 0 Å². The zero-order chi connectivity index (χ0) is 7.56. The highest BCUT2D eigenvalue weighted by Crippen LogP contribution is 1.92. The molecule has 0 spiro atoms. The first-order chi connectivity index (χ1) is 4.70. The minimum atomic E-state index is -1.10. The van der Waals surface area contributed by atoms with E-state index in [1.807, 2.05) is 0 Å². The average molecular weight is 139 g/mol. The fourth-order valence-electron chi connectivity index (χ4n) is 0.710. The third kappa shape index (κ3) is 1.34. The molecular weight excluding hydrogens is 132 g/mol. The van der Waals surface area contributed by atoms with E-state index in [-0.39, 0.29) is 6.54 Å². The predicted molar refractivity (Wildman–Crippen MR) is 32.0 cm³/mol. The number of carbonyl (C=O) groups is 1. The molecule has 0 aromatic carbocycles. The van der Waals surface area contributed by atoms with Gasteiger partial charge in [-0.05, 0) is 6.92 Å². The predicted octanol–water partition coefficient (Wildman–Crippen LogP) is -1.06. The summed E-state index contributed by atoms with van der Waals surface area (Å²) in [5, 5.41) is 10.1. The minimum absolute atomic E-state index is 0.119. The topological polar surface area (TPSA) is 58.0 Å². The molecule has 4 nitrogen and oxygen atoms in total. The second kappa shape index (κ2) is 2.51. The first-order valence-electron chi connectivity index (χ1n) is 2.87. The molecule has 0 saturated carbocycles. The lowest BCUT2D eigenvalue weighted by atomic mass is 10.6. The Morgan fingerprint density at radius 3 is 3.00 bits per heavy atom. The molecular formula is C6H7N2O2-. The van der Waals surface area contributed by atoms with Gasteiger partial charge in [0.25, 0.3) is 0 Å². The van der Waals surface area contributed by atoms with E-state index in [0.29, 0.717) is 5.82 Å². The van der Waals surface area contributed by atoms with Crippen LogP contribution in [0, 0.1) is 6.92 Å². The molecule has 0 aliphatic heterocycles. The Morgan fingerprint density at radius 2 is 2.60 bits per heavy atom. The maximum absolute atomic E-state index is 10.1. The third-order valence-electron chi connectivity index (χ3n) is 1.22. The molecule has 0 fully saturated rings. The summed E-state index contributed by atoms with van der Waals surface area (Å²) in [7, 11) is 0. The van der Waals surface area contributed by atoms with Crippen LogP contribution >= 0.6 is 0 Å². The molecule has 0 aliphatic rings. The molecule has 1 aromatic rings. The van der Waals surface area contributed by atoms with E-state index in [9.17, 15) is 9.90 Å². The van der Waals surface area contributed by atoms with Crippen molar-refractivity contribution in [1.82, 2.24) is 9.55 Å². The molecule has 0 saturated heterocycles. The summed E-state index contributed by atoms with van der Waals surface area (Å²) in [5.74, 6) is -0.412. The van der Waals surface area contributed by atoms with Crippen LogP contribution in [0.4, 0.5) is 0 Å². The highest BCUT2D eigenvalue weighted by Gasteiger charge is 1.94. The zero-order valence-electron chi connectivity index (χ0n) is 5.57. The number of aryl methyl sites for hydroxylation is 1. The van der Waals surface area contributed by atoms with E-state index in [1.165, 1.54) is 4.57 Å². The lowest BCUT2D eigenvalue weighted by Crippen LogP contribution is -2.27. The quantitative estimate of drug-likeness (QED) is 0.524. The van der Waals surface area contributed by atoms with Crippen LogP contribution in [0.1, 0.15) is 5.82 Å². The van der Waals surface area contributed by atoms with Gasteiger partial charge in [-0.15, -0.1) is 0 Å². The van der Waals surface area contributed by atoms with E-state index < -0.39 is 5.97 Å². The van der Waals surface area contributed by atoms with Gasteiger partial charge in [-0.2, -0.15) is 0 Å². The Labute approximate surface area is 58.1 Å². The summed E-state index contributed by atoms with van der Waals surface area (Å²) < 4.78 is 1.51. The van der Waals surface area contributed by atoms with Gasteiger partial charge in [0.2, 0.25) is 0 Å². The standard InChI is InChI=1S/C6H8N2O2/c1-5-7-2-3-8(5)4-6(9)10/h2-3H,4H2,1H3,(H,9,10)/p-1. The van der Waals surface area contributed by atoms with Gasteiger partial charge in [0.05, 0.1) is 12.5 Å². The Hall–Kier alpha value is -1.32. The molecule has 1 heterocycles. The summed E-state index contributed by atoms with van der Waals surface area (Å²) in [6.45, 7) is 1.62. The van der Waals surface area contributed by atoms with Gasteiger partial charge in [-0.1, -0.05) is 0 Å². The Kier molecular flexibility index (Phi) is 1.71. The maximum atomic E-state index is 10.1. The van der Waals surface area contributed by atoms with Crippen molar-refractivity contribution in [2.45, 2.75) is 13.5 Å². The molecule has 1 rings (SSSR count). The molecule has 0 N–H and O–H groups in total. The lowest BCUT2D eigenvalue weighted by Gasteiger charge is -2.03. The number of imidazole rings is 1. The first kappa shape index (κ1) is 6.80. The summed E-state index contributed by atoms with van der Waals surface area (Å²) in [4.78, 5) is 13.9. The van der Waals surface area contributed by atoms with Crippen molar-refractivity contribution >= 4 is 5.97 Å². The molecule has 0 unspecified atom stereocenters. The smallest absolute Gasteiger partial charge is 0.105 e. The number of hydrogen-bond acceptors (Lipinski definition) is 3. The van der Waals surface area contributed by atoms with Gasteiger partial charge in [0.15, 0.2) is 0 Å². The molecule has 4 heteroatoms. The summed E-state index contributed by atoms with van der Waals surface area (Å²) in [6, 6.07) is 0. The van der Waals surface area contributed by atoms with E-state index in [0.717, 1.165) is 0 Å². The Bertz CT molecular complexity index is 242. The summed E-state index contributed by atoms with van der Waals surface area (Å²) >= 11 is 0. The van der Waals surface area contributed by atoms with Crippen molar-refractivity contribution in [3.8, 4) is 0 Å². The monoisotopic (exact) mass is 139 g/mol. The molecule has 54 valence electrons. The first-order valence-corrected chi connectivity index (χ1v) is 2.87. The van der Waals surface area contributed by atoms with E-state index in [1.54, 1.807) is 19.3 Å². The SMILES string of the molecule is Cc1nccn1CC(=O)[O-]. The number of rotatable bonds is 2. The number of aromatic nitrogens is 2. The average Bonchev–Trinajstić information content (AvgIpc) is 2.15. The van der Waals surface area contributed by atoms with Crippen LogP contribution in [-0.4, -0.2) is 15.5 Å². The Balaban J connectivity index is 2.74. The second-order valence-corrected chi connectivity index (χ2v) is 1.97. The molecule has 10 heavy (non-hydrogen) atoms. The van der Waals surface area contributed by atoms with Crippen molar-refractivity contribution < 1.29 is 9.90 Å². The molecule has 0 radical (unpaired) electrons. The van der Waals surface area contributed by atoms with Gasteiger partial charge in [0, 0.05) is 12.4 Å². The molecule has 0 atom stereocenters. The molecule has 0 amide bonds. The van der Waals surface area contributed by atoms with Crippen LogP contribution in [0.25, 0.3) is 0 Å². The third-order valence-corrected chi connectivity index (χ3v) is 1.22. The lowest BCUT2D eigenvalue weighted by molar-refractivity contribution is -0.306. The largest absolute Gasteiger partial charge is 0.548 e. The van der Waals surface area contributed by atoms with Gasteiger partial charge in [0.1, 0.15) is 5.82 Å².